The van der Waals surface area contributed by atoms with Gasteiger partial charge in [-0.2, -0.15) is 0 Å². The highest BCUT2D eigenvalue weighted by Gasteiger charge is 2.25. The molecule has 0 bridgehead atoms. The molecule has 1 atom stereocenters. The first kappa shape index (κ1) is 25.1. The fraction of sp³-hybridized carbons (Fsp3) is 0.448. The van der Waals surface area contributed by atoms with Crippen molar-refractivity contribution in [2.24, 2.45) is 0 Å². The average molecular weight is 494 g/mol. The first-order chi connectivity index (χ1) is 16.6. The molecule has 34 heavy (non-hydrogen) atoms. The summed E-state index contributed by atoms with van der Waals surface area (Å²) >= 11 is 8.08. The van der Waals surface area contributed by atoms with E-state index >= 15 is 0 Å². The van der Waals surface area contributed by atoms with Crippen LogP contribution in [-0.4, -0.2) is 34.5 Å². The van der Waals surface area contributed by atoms with Crippen molar-refractivity contribution in [2.75, 3.05) is 19.6 Å². The van der Waals surface area contributed by atoms with Crippen molar-refractivity contribution in [3.05, 3.63) is 75.3 Å². The number of halogens is 1. The van der Waals surface area contributed by atoms with Crippen molar-refractivity contribution in [1.82, 2.24) is 14.9 Å². The first-order valence-electron chi connectivity index (χ1n) is 12.7. The Hall–Kier alpha value is -2.01. The summed E-state index contributed by atoms with van der Waals surface area (Å²) in [4.78, 5) is 13.8. The molecular weight excluding hydrogens is 458 g/mol. The molecule has 0 spiro atoms. The van der Waals surface area contributed by atoms with E-state index < -0.39 is 0 Å². The summed E-state index contributed by atoms with van der Waals surface area (Å²) in [7, 11) is 0. The van der Waals surface area contributed by atoms with Crippen LogP contribution in [-0.2, 0) is 0 Å². The van der Waals surface area contributed by atoms with Gasteiger partial charge in [-0.1, -0.05) is 54.5 Å². The normalized spacial score (nSPS) is 20.3. The van der Waals surface area contributed by atoms with Crippen LogP contribution in [0.15, 0.2) is 65.4 Å². The maximum absolute atomic E-state index is 6.24. The molecule has 2 aromatic heterocycles. The van der Waals surface area contributed by atoms with Crippen LogP contribution in [0.25, 0.3) is 17.0 Å². The predicted molar refractivity (Wildman–Crippen MR) is 147 cm³/mol. The van der Waals surface area contributed by atoms with E-state index in [1.54, 1.807) is 0 Å². The zero-order chi connectivity index (χ0) is 23.8. The van der Waals surface area contributed by atoms with Gasteiger partial charge in [0.15, 0.2) is 0 Å². The minimum atomic E-state index is 0.532. The summed E-state index contributed by atoms with van der Waals surface area (Å²) in [5, 5.41) is 1.94. The molecule has 0 radical (unpaired) electrons. The van der Waals surface area contributed by atoms with Crippen molar-refractivity contribution in [1.29, 1.82) is 0 Å². The van der Waals surface area contributed by atoms with Gasteiger partial charge in [0.2, 0.25) is 0 Å². The summed E-state index contributed by atoms with van der Waals surface area (Å²) in [5.41, 5.74) is 4.71. The van der Waals surface area contributed by atoms with Crippen LogP contribution >= 0.6 is 22.9 Å². The second kappa shape index (κ2) is 12.6. The number of pyridine rings is 1. The van der Waals surface area contributed by atoms with Crippen molar-refractivity contribution in [3.63, 3.8) is 0 Å². The lowest BCUT2D eigenvalue weighted by Gasteiger charge is -2.21. The molecule has 1 aliphatic heterocycles. The summed E-state index contributed by atoms with van der Waals surface area (Å²) in [6.45, 7) is 7.71. The largest absolute Gasteiger partial charge is 0.303 e. The van der Waals surface area contributed by atoms with Gasteiger partial charge in [0.1, 0.15) is 10.7 Å². The minimum Gasteiger partial charge on any atom is -0.303 e. The van der Waals surface area contributed by atoms with E-state index in [9.17, 15) is 0 Å². The molecule has 0 N–H and O–H groups in total. The van der Waals surface area contributed by atoms with Gasteiger partial charge in [0.25, 0.3) is 0 Å². The van der Waals surface area contributed by atoms with E-state index in [2.05, 4.69) is 60.2 Å². The zero-order valence-corrected chi connectivity index (χ0v) is 22.0. The quantitative estimate of drug-likeness (QED) is 0.346. The molecule has 3 heterocycles. The van der Waals surface area contributed by atoms with Crippen molar-refractivity contribution < 1.29 is 0 Å². The van der Waals surface area contributed by atoms with Crippen molar-refractivity contribution >= 4 is 28.5 Å². The number of likely N-dealkylation sites (tertiary alicyclic amines) is 1. The van der Waals surface area contributed by atoms with E-state index in [4.69, 9.17) is 16.6 Å². The maximum Gasteiger partial charge on any atom is 0.120 e. The van der Waals surface area contributed by atoms with Gasteiger partial charge in [-0.3, -0.25) is 4.98 Å². The van der Waals surface area contributed by atoms with E-state index in [-0.39, 0.29) is 0 Å². The summed E-state index contributed by atoms with van der Waals surface area (Å²) < 4.78 is 0. The van der Waals surface area contributed by atoms with Crippen molar-refractivity contribution in [2.45, 2.75) is 64.7 Å². The number of rotatable bonds is 8. The Bertz CT molecular complexity index is 1060. The van der Waals surface area contributed by atoms with Crippen LogP contribution < -0.4 is 0 Å². The third kappa shape index (κ3) is 6.78. The molecule has 0 aromatic carbocycles. The Morgan fingerprint density at radius 3 is 2.88 bits per heavy atom. The Morgan fingerprint density at radius 2 is 2.12 bits per heavy atom. The highest BCUT2D eigenvalue weighted by molar-refractivity contribution is 7.13. The molecule has 1 aliphatic carbocycles. The predicted octanol–water partition coefficient (Wildman–Crippen LogP) is 8.38. The van der Waals surface area contributed by atoms with Crippen LogP contribution in [0.4, 0.5) is 0 Å². The van der Waals surface area contributed by atoms with Crippen LogP contribution in [0.5, 0.6) is 0 Å². The average Bonchev–Trinajstić information content (AvgIpc) is 3.20. The van der Waals surface area contributed by atoms with E-state index in [0.29, 0.717) is 5.92 Å². The molecular formula is C29H36ClN3S. The van der Waals surface area contributed by atoms with E-state index in [1.807, 2.05) is 29.7 Å². The molecule has 1 fully saturated rings. The Morgan fingerprint density at radius 1 is 1.21 bits per heavy atom. The van der Waals surface area contributed by atoms with Gasteiger partial charge in [0.05, 0.1) is 5.69 Å². The van der Waals surface area contributed by atoms with Crippen molar-refractivity contribution in [3.8, 4) is 11.4 Å². The Labute approximate surface area is 214 Å². The smallest absolute Gasteiger partial charge is 0.120 e. The van der Waals surface area contributed by atoms with E-state index in [0.717, 1.165) is 46.5 Å². The summed E-state index contributed by atoms with van der Waals surface area (Å²) in [5.74, 6) is 0.532. The topological polar surface area (TPSA) is 29.0 Å². The SMILES string of the molecule is CCC(Cl)=CC=C(C)c1nc(-c2ccccn2)c(C2CCCN(CCC3=CCCC=C3)CC2)s1. The number of hydrogen-bond acceptors (Lipinski definition) is 4. The second-order valence-electron chi connectivity index (χ2n) is 9.24. The highest BCUT2D eigenvalue weighted by atomic mass is 35.5. The molecule has 180 valence electrons. The lowest BCUT2D eigenvalue weighted by atomic mass is 9.96. The van der Waals surface area contributed by atoms with Gasteiger partial charge in [-0.15, -0.1) is 11.3 Å². The lowest BCUT2D eigenvalue weighted by Crippen LogP contribution is -2.26. The number of hydrogen-bond donors (Lipinski definition) is 0. The second-order valence-corrected chi connectivity index (χ2v) is 10.8. The molecule has 1 saturated heterocycles. The van der Waals surface area contributed by atoms with Gasteiger partial charge in [-0.25, -0.2) is 4.98 Å². The van der Waals surface area contributed by atoms with Gasteiger partial charge < -0.3 is 4.90 Å². The van der Waals surface area contributed by atoms with Crippen LogP contribution in [0.3, 0.4) is 0 Å². The Kier molecular flexibility index (Phi) is 9.32. The number of nitrogens with zero attached hydrogens (tertiary/aromatic N) is 3. The minimum absolute atomic E-state index is 0.532. The zero-order valence-electron chi connectivity index (χ0n) is 20.5. The third-order valence-corrected chi connectivity index (χ3v) is 8.48. The molecule has 5 heteroatoms. The fourth-order valence-corrected chi connectivity index (χ4v) is 5.94. The monoisotopic (exact) mass is 493 g/mol. The molecule has 1 unspecified atom stereocenters. The van der Waals surface area contributed by atoms with Crippen LogP contribution in [0, 0.1) is 0 Å². The molecule has 0 amide bonds. The number of aromatic nitrogens is 2. The van der Waals surface area contributed by atoms with Gasteiger partial charge in [0, 0.05) is 22.7 Å². The third-order valence-electron chi connectivity index (χ3n) is 6.73. The Balaban J connectivity index is 1.52. The standard InChI is InChI=1S/C29H36ClN3S/c1-3-25(30)15-14-22(2)29-32-27(26-13-7-8-18-31-26)28(34-29)24-12-9-19-33(21-17-24)20-16-23-10-5-4-6-11-23/h5,7-8,10-11,13-15,18,24H,3-4,6,9,12,16-17,19-21H2,1-2H3. The summed E-state index contributed by atoms with van der Waals surface area (Å²) in [6.07, 6.45) is 21.1. The molecule has 3 nitrogen and oxygen atoms in total. The first-order valence-corrected chi connectivity index (χ1v) is 13.9. The van der Waals surface area contributed by atoms with Crippen LogP contribution in [0.1, 0.15) is 74.6 Å². The van der Waals surface area contributed by atoms with Gasteiger partial charge >= 0.3 is 0 Å². The molecule has 4 rings (SSSR count). The molecule has 2 aliphatic rings. The summed E-state index contributed by atoms with van der Waals surface area (Å²) in [6, 6.07) is 6.12. The van der Waals surface area contributed by atoms with Gasteiger partial charge in [-0.05, 0) is 94.7 Å². The molecule has 2 aromatic rings. The maximum atomic E-state index is 6.24. The molecule has 0 saturated carbocycles. The highest BCUT2D eigenvalue weighted by Crippen LogP contribution is 2.40. The van der Waals surface area contributed by atoms with E-state index in [1.165, 1.54) is 55.5 Å². The lowest BCUT2D eigenvalue weighted by molar-refractivity contribution is 0.288. The number of allylic oxidation sites excluding steroid dienone is 7. The number of thiazole rings is 1. The fourth-order valence-electron chi connectivity index (χ4n) is 4.65. The van der Waals surface area contributed by atoms with Crippen LogP contribution in [0.2, 0.25) is 0 Å².